The van der Waals surface area contributed by atoms with Gasteiger partial charge in [-0.3, -0.25) is 13.9 Å². The van der Waals surface area contributed by atoms with Gasteiger partial charge in [-0.05, 0) is 101 Å². The van der Waals surface area contributed by atoms with Gasteiger partial charge in [-0.25, -0.2) is 8.42 Å². The van der Waals surface area contributed by atoms with Crippen molar-refractivity contribution in [2.75, 3.05) is 10.8 Å². The maximum Gasteiger partial charge on any atom is 0.264 e. The summed E-state index contributed by atoms with van der Waals surface area (Å²) >= 11 is 12.4. The van der Waals surface area contributed by atoms with Gasteiger partial charge in [-0.15, -0.1) is 0 Å². The lowest BCUT2D eigenvalue weighted by molar-refractivity contribution is -0.141. The van der Waals surface area contributed by atoms with E-state index in [0.29, 0.717) is 27.7 Å². The van der Waals surface area contributed by atoms with Crippen LogP contribution in [0, 0.1) is 20.8 Å². The predicted molar refractivity (Wildman–Crippen MR) is 171 cm³/mol. The summed E-state index contributed by atoms with van der Waals surface area (Å²) in [7, 11) is -4.15. The topological polar surface area (TPSA) is 86.8 Å². The van der Waals surface area contributed by atoms with Gasteiger partial charge in [0.1, 0.15) is 12.6 Å². The molecule has 0 saturated heterocycles. The van der Waals surface area contributed by atoms with Gasteiger partial charge in [-0.1, -0.05) is 60.0 Å². The number of benzene rings is 3. The van der Waals surface area contributed by atoms with Crippen LogP contribution < -0.4 is 9.62 Å². The van der Waals surface area contributed by atoms with Crippen LogP contribution in [-0.4, -0.2) is 43.3 Å². The standard InChI is InChI=1S/C32H39Cl2N3O4S/c1-8-29(31(39)35-32(5,6)7)36(19-24-11-14-27(33)28(34)18-24)30(38)20-37(25-16-22(3)15-23(4)17-25)42(40,41)26-12-9-21(2)10-13-26/h9-18,29H,8,19-20H2,1-7H3,(H,35,39)/t29-/m1/s1. The minimum Gasteiger partial charge on any atom is -0.350 e. The first-order valence-electron chi connectivity index (χ1n) is 13.7. The Morgan fingerprint density at radius 2 is 1.45 bits per heavy atom. The second-order valence-corrected chi connectivity index (χ2v) is 14.3. The summed E-state index contributed by atoms with van der Waals surface area (Å²) in [5, 5.41) is 3.64. The quantitative estimate of drug-likeness (QED) is 0.265. The molecule has 0 radical (unpaired) electrons. The molecule has 1 N–H and O–H groups in total. The highest BCUT2D eigenvalue weighted by atomic mass is 35.5. The predicted octanol–water partition coefficient (Wildman–Crippen LogP) is 6.84. The van der Waals surface area contributed by atoms with E-state index < -0.39 is 34.1 Å². The third kappa shape index (κ3) is 8.49. The first-order chi connectivity index (χ1) is 19.5. The number of anilines is 1. The molecule has 0 aromatic heterocycles. The molecule has 0 aliphatic rings. The van der Waals surface area contributed by atoms with Gasteiger partial charge in [0.25, 0.3) is 10.0 Å². The summed E-state index contributed by atoms with van der Waals surface area (Å²) in [5.74, 6) is -0.871. The third-order valence-electron chi connectivity index (χ3n) is 6.60. The number of rotatable bonds is 10. The minimum atomic E-state index is -4.15. The van der Waals surface area contributed by atoms with Crippen LogP contribution in [0.25, 0.3) is 0 Å². The molecule has 0 spiro atoms. The van der Waals surface area contributed by atoms with Crippen molar-refractivity contribution in [2.45, 2.75) is 77.9 Å². The Hall–Kier alpha value is -3.07. The van der Waals surface area contributed by atoms with Crippen LogP contribution in [0.1, 0.15) is 56.4 Å². The summed E-state index contributed by atoms with van der Waals surface area (Å²) < 4.78 is 29.3. The lowest BCUT2D eigenvalue weighted by atomic mass is 10.1. The Bertz CT molecular complexity index is 1530. The van der Waals surface area contributed by atoms with Crippen LogP contribution in [0.15, 0.2) is 65.6 Å². The lowest BCUT2D eigenvalue weighted by Gasteiger charge is -2.35. The maximum atomic E-state index is 14.2. The summed E-state index contributed by atoms with van der Waals surface area (Å²) in [6.07, 6.45) is 0.309. The minimum absolute atomic E-state index is 0.0249. The highest BCUT2D eigenvalue weighted by Gasteiger charge is 2.34. The van der Waals surface area contributed by atoms with Gasteiger partial charge in [0.05, 0.1) is 20.6 Å². The van der Waals surface area contributed by atoms with E-state index in [0.717, 1.165) is 21.0 Å². The number of aryl methyl sites for hydroxylation is 3. The molecular weight excluding hydrogens is 593 g/mol. The molecule has 0 fully saturated rings. The molecule has 0 aliphatic carbocycles. The Morgan fingerprint density at radius 3 is 1.98 bits per heavy atom. The van der Waals surface area contributed by atoms with Crippen molar-refractivity contribution < 1.29 is 18.0 Å². The van der Waals surface area contributed by atoms with Gasteiger partial charge >= 0.3 is 0 Å². The number of nitrogens with one attached hydrogen (secondary N) is 1. The number of carbonyl (C=O) groups is 2. The Kier molecular flexibility index (Phi) is 10.7. The van der Waals surface area contributed by atoms with E-state index in [1.54, 1.807) is 42.5 Å². The second kappa shape index (κ2) is 13.5. The van der Waals surface area contributed by atoms with Gasteiger partial charge < -0.3 is 10.2 Å². The van der Waals surface area contributed by atoms with Gasteiger partial charge in [-0.2, -0.15) is 0 Å². The van der Waals surface area contributed by atoms with Crippen molar-refractivity contribution in [1.29, 1.82) is 0 Å². The zero-order chi connectivity index (χ0) is 31.4. The van der Waals surface area contributed by atoms with Gasteiger partial charge in [0.15, 0.2) is 0 Å². The van der Waals surface area contributed by atoms with E-state index in [2.05, 4.69) is 5.32 Å². The number of sulfonamides is 1. The largest absolute Gasteiger partial charge is 0.350 e. The molecule has 0 unspecified atom stereocenters. The zero-order valence-corrected chi connectivity index (χ0v) is 27.5. The monoisotopic (exact) mass is 631 g/mol. The summed E-state index contributed by atoms with van der Waals surface area (Å²) in [6.45, 7) is 12.5. The molecule has 0 aliphatic heterocycles. The van der Waals surface area contributed by atoms with Crippen molar-refractivity contribution in [1.82, 2.24) is 10.2 Å². The van der Waals surface area contributed by atoms with Crippen molar-refractivity contribution in [3.8, 4) is 0 Å². The van der Waals surface area contributed by atoms with Crippen LogP contribution in [0.2, 0.25) is 10.0 Å². The van der Waals surface area contributed by atoms with Crippen molar-refractivity contribution in [3.63, 3.8) is 0 Å². The fourth-order valence-electron chi connectivity index (χ4n) is 4.67. The van der Waals surface area contributed by atoms with Gasteiger partial charge in [0.2, 0.25) is 11.8 Å². The number of amides is 2. The molecule has 3 aromatic carbocycles. The van der Waals surface area contributed by atoms with Crippen molar-refractivity contribution in [3.05, 3.63) is 93.0 Å². The normalized spacial score (nSPS) is 12.5. The molecule has 2 amide bonds. The van der Waals surface area contributed by atoms with E-state index in [9.17, 15) is 18.0 Å². The summed E-state index contributed by atoms with van der Waals surface area (Å²) in [4.78, 5) is 29.2. The molecule has 3 aromatic rings. The maximum absolute atomic E-state index is 14.2. The van der Waals surface area contributed by atoms with Crippen LogP contribution >= 0.6 is 23.2 Å². The molecule has 1 atom stereocenters. The van der Waals surface area contributed by atoms with Crippen LogP contribution in [-0.2, 0) is 26.2 Å². The molecule has 0 bridgehead atoms. The average molecular weight is 633 g/mol. The smallest absolute Gasteiger partial charge is 0.264 e. The SMILES string of the molecule is CC[C@H](C(=O)NC(C)(C)C)N(Cc1ccc(Cl)c(Cl)c1)C(=O)CN(c1cc(C)cc(C)c1)S(=O)(=O)c1ccc(C)cc1. The highest BCUT2D eigenvalue weighted by Crippen LogP contribution is 2.28. The fourth-order valence-corrected chi connectivity index (χ4v) is 6.39. The number of hydrogen-bond acceptors (Lipinski definition) is 4. The molecule has 42 heavy (non-hydrogen) atoms. The van der Waals surface area contributed by atoms with E-state index in [4.69, 9.17) is 23.2 Å². The van der Waals surface area contributed by atoms with Gasteiger partial charge in [0, 0.05) is 12.1 Å². The number of carbonyl (C=O) groups excluding carboxylic acids is 2. The molecule has 226 valence electrons. The molecule has 10 heteroatoms. The number of halogens is 2. The second-order valence-electron chi connectivity index (χ2n) is 11.6. The van der Waals surface area contributed by atoms with Crippen molar-refractivity contribution >= 4 is 50.7 Å². The Labute approximate surface area is 259 Å². The fraction of sp³-hybridized carbons (Fsp3) is 0.375. The molecule has 7 nitrogen and oxygen atoms in total. The Morgan fingerprint density at radius 1 is 0.857 bits per heavy atom. The van der Waals surface area contributed by atoms with E-state index >= 15 is 0 Å². The number of hydrogen-bond donors (Lipinski definition) is 1. The Balaban J connectivity index is 2.12. The van der Waals surface area contributed by atoms with Crippen LogP contribution in [0.5, 0.6) is 0 Å². The van der Waals surface area contributed by atoms with Crippen molar-refractivity contribution in [2.24, 2.45) is 0 Å². The van der Waals surface area contributed by atoms with E-state index in [1.165, 1.54) is 17.0 Å². The average Bonchev–Trinajstić information content (AvgIpc) is 2.87. The summed E-state index contributed by atoms with van der Waals surface area (Å²) in [5.41, 5.74) is 3.09. The molecular formula is C32H39Cl2N3O4S. The van der Waals surface area contributed by atoms with Crippen LogP contribution in [0.3, 0.4) is 0 Å². The molecule has 0 heterocycles. The first kappa shape index (κ1) is 33.4. The van der Waals surface area contributed by atoms with E-state index in [-0.39, 0.29) is 17.3 Å². The zero-order valence-electron chi connectivity index (χ0n) is 25.2. The lowest BCUT2D eigenvalue weighted by Crippen LogP contribution is -2.55. The van der Waals surface area contributed by atoms with Crippen LogP contribution in [0.4, 0.5) is 5.69 Å². The van der Waals surface area contributed by atoms with E-state index in [1.807, 2.05) is 54.5 Å². The first-order valence-corrected chi connectivity index (χ1v) is 15.9. The third-order valence-corrected chi connectivity index (χ3v) is 9.13. The molecule has 0 saturated carbocycles. The summed E-state index contributed by atoms with van der Waals surface area (Å²) in [6, 6.07) is 16.0. The highest BCUT2D eigenvalue weighted by molar-refractivity contribution is 7.92. The number of nitrogens with zero attached hydrogens (tertiary/aromatic N) is 2. The molecule has 3 rings (SSSR count).